The minimum Gasteiger partial charge on any atom is -0.455 e. The quantitative estimate of drug-likeness (QED) is 0.200. The molecule has 0 aliphatic carbocycles. The standard InChI is InChI=1S/C45H30O/c1-29-19-20-35-25-27-37(32-21-23-33(24-22-32)38-16-8-17-41-39-15-4-5-18-42(39)46-45(38)41)40-28-26-34(43(29)44(35)40)13-7-12-31-11-6-10-30-9-2-3-14-36(30)31/h2-28H,1H3/b12-7+,34-13-. The van der Waals surface area contributed by atoms with Crippen molar-refractivity contribution in [1.82, 2.24) is 0 Å². The van der Waals surface area contributed by atoms with Crippen LogP contribution in [0.1, 0.15) is 11.1 Å². The van der Waals surface area contributed by atoms with Crippen molar-refractivity contribution in [2.24, 2.45) is 0 Å². The zero-order chi connectivity index (χ0) is 30.6. The highest BCUT2D eigenvalue weighted by Gasteiger charge is 2.14. The lowest BCUT2D eigenvalue weighted by Crippen LogP contribution is -2.04. The lowest BCUT2D eigenvalue weighted by Gasteiger charge is -2.14. The molecule has 1 nitrogen and oxygen atoms in total. The van der Waals surface area contributed by atoms with Crippen LogP contribution < -0.4 is 5.22 Å². The molecule has 0 atom stereocenters. The maximum atomic E-state index is 6.33. The van der Waals surface area contributed by atoms with E-state index >= 15 is 0 Å². The number of hydrogen-bond donors (Lipinski definition) is 0. The van der Waals surface area contributed by atoms with E-state index in [1.165, 1.54) is 59.8 Å². The summed E-state index contributed by atoms with van der Waals surface area (Å²) in [6.07, 6.45) is 6.66. The van der Waals surface area contributed by atoms with Crippen LogP contribution in [0.4, 0.5) is 0 Å². The van der Waals surface area contributed by atoms with Gasteiger partial charge in [-0.05, 0) is 78.3 Å². The van der Waals surface area contributed by atoms with E-state index in [1.807, 2.05) is 12.1 Å². The summed E-state index contributed by atoms with van der Waals surface area (Å²) in [5.74, 6) is 0. The summed E-state index contributed by atoms with van der Waals surface area (Å²) in [4.78, 5) is 0. The Kier molecular flexibility index (Phi) is 6.11. The second-order valence-electron chi connectivity index (χ2n) is 12.1. The van der Waals surface area contributed by atoms with Crippen LogP contribution in [0, 0.1) is 6.92 Å². The van der Waals surface area contributed by atoms with E-state index in [0.29, 0.717) is 0 Å². The first-order chi connectivity index (χ1) is 22.7. The first-order valence-electron chi connectivity index (χ1n) is 15.8. The van der Waals surface area contributed by atoms with Crippen molar-refractivity contribution in [3.63, 3.8) is 0 Å². The topological polar surface area (TPSA) is 13.1 Å². The SMILES string of the molecule is Cc1ccc2ccc(-c3ccc(-c4cccc5c4oc4ccccc45)cc3)c3cc/c(=C/C=C/c4cccc5ccccc45)c1c23. The Bertz CT molecular complexity index is 2680. The normalized spacial score (nSPS) is 12.5. The molecule has 1 aromatic heterocycles. The first-order valence-corrected chi connectivity index (χ1v) is 15.8. The summed E-state index contributed by atoms with van der Waals surface area (Å²) in [6.45, 7) is 2.22. The van der Waals surface area contributed by atoms with Gasteiger partial charge in [-0.1, -0.05) is 158 Å². The molecule has 0 N–H and O–H groups in total. The highest BCUT2D eigenvalue weighted by atomic mass is 16.3. The van der Waals surface area contributed by atoms with Crippen LogP contribution in [0.15, 0.2) is 156 Å². The van der Waals surface area contributed by atoms with Crippen LogP contribution in [-0.4, -0.2) is 0 Å². The molecule has 0 amide bonds. The number of hydrogen-bond acceptors (Lipinski definition) is 1. The molecule has 9 aromatic rings. The Balaban J connectivity index is 1.14. The predicted octanol–water partition coefficient (Wildman–Crippen LogP) is 11.9. The molecule has 0 saturated heterocycles. The van der Waals surface area contributed by atoms with Crippen molar-refractivity contribution in [3.05, 3.63) is 168 Å². The van der Waals surface area contributed by atoms with Crippen LogP contribution >= 0.6 is 0 Å². The van der Waals surface area contributed by atoms with E-state index in [-0.39, 0.29) is 0 Å². The summed E-state index contributed by atoms with van der Waals surface area (Å²) in [5, 5.41) is 11.2. The maximum Gasteiger partial charge on any atom is 0.143 e. The van der Waals surface area contributed by atoms with Gasteiger partial charge in [0.05, 0.1) is 0 Å². The molecule has 0 fully saturated rings. The fourth-order valence-electron chi connectivity index (χ4n) is 7.20. The summed E-state index contributed by atoms with van der Waals surface area (Å²) < 4.78 is 6.33. The van der Waals surface area contributed by atoms with Crippen LogP contribution in [0.5, 0.6) is 0 Å². The second kappa shape index (κ2) is 10.6. The van der Waals surface area contributed by atoms with Gasteiger partial charge >= 0.3 is 0 Å². The first kappa shape index (κ1) is 26.5. The van der Waals surface area contributed by atoms with E-state index in [0.717, 1.165) is 33.1 Å². The molecule has 0 aliphatic rings. The summed E-state index contributed by atoms with van der Waals surface area (Å²) in [5.41, 5.74) is 9.10. The van der Waals surface area contributed by atoms with Crippen LogP contribution in [-0.2, 0) is 0 Å². The van der Waals surface area contributed by atoms with Crippen LogP contribution in [0.2, 0.25) is 0 Å². The van der Waals surface area contributed by atoms with E-state index in [1.54, 1.807) is 0 Å². The average molecular weight is 587 g/mol. The average Bonchev–Trinajstić information content (AvgIpc) is 3.49. The third-order valence-electron chi connectivity index (χ3n) is 9.44. The smallest absolute Gasteiger partial charge is 0.143 e. The molecule has 0 bridgehead atoms. The van der Waals surface area contributed by atoms with Gasteiger partial charge in [0.25, 0.3) is 0 Å². The number of allylic oxidation sites excluding steroid dienone is 1. The Morgan fingerprint density at radius 1 is 0.478 bits per heavy atom. The minimum atomic E-state index is 0.923. The van der Waals surface area contributed by atoms with Gasteiger partial charge in [-0.15, -0.1) is 0 Å². The molecule has 1 heterocycles. The van der Waals surface area contributed by atoms with Gasteiger partial charge in [0.1, 0.15) is 11.2 Å². The molecule has 9 rings (SSSR count). The Morgan fingerprint density at radius 2 is 1.20 bits per heavy atom. The maximum absolute atomic E-state index is 6.33. The van der Waals surface area contributed by atoms with Crippen molar-refractivity contribution in [1.29, 1.82) is 0 Å². The zero-order valence-corrected chi connectivity index (χ0v) is 25.5. The molecular weight excluding hydrogens is 556 g/mol. The molecule has 46 heavy (non-hydrogen) atoms. The van der Waals surface area contributed by atoms with Crippen molar-refractivity contribution < 1.29 is 4.42 Å². The van der Waals surface area contributed by atoms with Crippen LogP contribution in [0.25, 0.3) is 88.7 Å². The monoisotopic (exact) mass is 586 g/mol. The van der Waals surface area contributed by atoms with Gasteiger partial charge in [0, 0.05) is 16.3 Å². The molecule has 8 aromatic carbocycles. The summed E-state index contributed by atoms with van der Waals surface area (Å²) in [7, 11) is 0. The highest BCUT2D eigenvalue weighted by molar-refractivity contribution is 6.16. The van der Waals surface area contributed by atoms with Gasteiger partial charge in [0.15, 0.2) is 0 Å². The molecule has 216 valence electrons. The number of para-hydroxylation sites is 2. The van der Waals surface area contributed by atoms with E-state index in [9.17, 15) is 0 Å². The molecule has 1 heteroatoms. The minimum absolute atomic E-state index is 0.923. The predicted molar refractivity (Wildman–Crippen MR) is 197 cm³/mol. The van der Waals surface area contributed by atoms with Gasteiger partial charge < -0.3 is 4.42 Å². The fraction of sp³-hybridized carbons (Fsp3) is 0.0222. The Morgan fingerprint density at radius 3 is 2.09 bits per heavy atom. The molecule has 0 saturated carbocycles. The van der Waals surface area contributed by atoms with Crippen molar-refractivity contribution in [2.45, 2.75) is 6.92 Å². The number of aryl methyl sites for hydroxylation is 1. The summed E-state index contributed by atoms with van der Waals surface area (Å²) >= 11 is 0. The zero-order valence-electron chi connectivity index (χ0n) is 25.5. The van der Waals surface area contributed by atoms with E-state index in [2.05, 4.69) is 159 Å². The lowest BCUT2D eigenvalue weighted by atomic mass is 9.90. The molecule has 0 aliphatic heterocycles. The summed E-state index contributed by atoms with van der Waals surface area (Å²) in [6, 6.07) is 52.3. The third kappa shape index (κ3) is 4.24. The Labute approximate surface area is 267 Å². The molecule has 0 radical (unpaired) electrons. The van der Waals surface area contributed by atoms with Crippen molar-refractivity contribution in [2.75, 3.05) is 0 Å². The van der Waals surface area contributed by atoms with Gasteiger partial charge in [-0.3, -0.25) is 0 Å². The van der Waals surface area contributed by atoms with Crippen molar-refractivity contribution in [3.8, 4) is 22.3 Å². The number of fused-ring (bicyclic) bond motifs is 4. The molecular formula is C45H30O. The molecule has 0 unspecified atom stereocenters. The largest absolute Gasteiger partial charge is 0.455 e. The highest BCUT2D eigenvalue weighted by Crippen LogP contribution is 2.38. The molecule has 0 spiro atoms. The number of furan rings is 1. The number of benzene rings is 8. The van der Waals surface area contributed by atoms with Crippen LogP contribution in [0.3, 0.4) is 0 Å². The van der Waals surface area contributed by atoms with E-state index < -0.39 is 0 Å². The fourth-order valence-corrected chi connectivity index (χ4v) is 7.20. The van der Waals surface area contributed by atoms with Crippen molar-refractivity contribution >= 4 is 66.4 Å². The number of rotatable bonds is 4. The van der Waals surface area contributed by atoms with Gasteiger partial charge in [-0.2, -0.15) is 0 Å². The van der Waals surface area contributed by atoms with Gasteiger partial charge in [0.2, 0.25) is 0 Å². The van der Waals surface area contributed by atoms with Gasteiger partial charge in [-0.25, -0.2) is 0 Å². The Hall–Kier alpha value is -5.92. The lowest BCUT2D eigenvalue weighted by molar-refractivity contribution is 0.670. The van der Waals surface area contributed by atoms with E-state index in [4.69, 9.17) is 4.42 Å². The second-order valence-corrected chi connectivity index (χ2v) is 12.1. The third-order valence-corrected chi connectivity index (χ3v) is 9.44.